The highest BCUT2D eigenvalue weighted by atomic mass is 35.5. The lowest BCUT2D eigenvalue weighted by Gasteiger charge is -2.06. The first-order valence-electron chi connectivity index (χ1n) is 7.19. The lowest BCUT2D eigenvalue weighted by atomic mass is 10.0. The van der Waals surface area contributed by atoms with Crippen molar-refractivity contribution < 1.29 is 4.79 Å². The molecule has 0 saturated carbocycles. The van der Waals surface area contributed by atoms with Crippen LogP contribution in [0, 0.1) is 0 Å². The highest BCUT2D eigenvalue weighted by molar-refractivity contribution is 6.31. The molecule has 2 N–H and O–H groups in total. The third-order valence-electron chi connectivity index (χ3n) is 2.52. The van der Waals surface area contributed by atoms with Gasteiger partial charge in [-0.25, -0.2) is 0 Å². The van der Waals surface area contributed by atoms with Crippen LogP contribution in [0.1, 0.15) is 44.5 Å². The number of nitrogen functional groups attached to an aromatic ring is 1. The molecule has 0 aliphatic carbocycles. The Morgan fingerprint density at radius 1 is 1.33 bits per heavy atom. The second-order valence-corrected chi connectivity index (χ2v) is 4.46. The van der Waals surface area contributed by atoms with Gasteiger partial charge in [0.15, 0.2) is 5.78 Å². The van der Waals surface area contributed by atoms with Crippen molar-refractivity contribution in [2.75, 3.05) is 5.73 Å². The lowest BCUT2D eigenvalue weighted by molar-refractivity contribution is 0.103. The van der Waals surface area contributed by atoms with E-state index in [1.165, 1.54) is 0 Å². The van der Waals surface area contributed by atoms with E-state index in [0.717, 1.165) is 6.42 Å². The third-order valence-corrected chi connectivity index (χ3v) is 2.75. The van der Waals surface area contributed by atoms with E-state index in [1.807, 2.05) is 45.9 Å². The number of nitrogens with two attached hydrogens (primary N) is 1. The molecule has 2 nitrogen and oxygen atoms in total. The van der Waals surface area contributed by atoms with Gasteiger partial charge >= 0.3 is 0 Å². The summed E-state index contributed by atoms with van der Waals surface area (Å²) in [6.45, 7) is 7.91. The fourth-order valence-corrected chi connectivity index (χ4v) is 1.75. The quantitative estimate of drug-likeness (QED) is 0.333. The molecule has 21 heavy (non-hydrogen) atoms. The van der Waals surface area contributed by atoms with Crippen molar-refractivity contribution in [2.45, 2.75) is 34.1 Å². The van der Waals surface area contributed by atoms with Crippen molar-refractivity contribution in [1.29, 1.82) is 0 Å². The largest absolute Gasteiger partial charge is 0.398 e. The Morgan fingerprint density at radius 3 is 2.57 bits per heavy atom. The number of ketones is 1. The van der Waals surface area contributed by atoms with Gasteiger partial charge in [-0.3, -0.25) is 4.79 Å². The highest BCUT2D eigenvalue weighted by Gasteiger charge is 2.13. The Hall–Kier alpha value is -1.80. The minimum absolute atomic E-state index is 0.126. The first-order chi connectivity index (χ1) is 10.1. The molecule has 1 rings (SSSR count). The van der Waals surface area contributed by atoms with E-state index in [-0.39, 0.29) is 5.78 Å². The van der Waals surface area contributed by atoms with Crippen LogP contribution in [-0.2, 0) is 0 Å². The summed E-state index contributed by atoms with van der Waals surface area (Å²) in [6.07, 6.45) is 10.2. The summed E-state index contributed by atoms with van der Waals surface area (Å²) < 4.78 is 0. The summed E-state index contributed by atoms with van der Waals surface area (Å²) in [4.78, 5) is 12.4. The van der Waals surface area contributed by atoms with Crippen LogP contribution < -0.4 is 5.73 Å². The van der Waals surface area contributed by atoms with Crippen LogP contribution in [-0.4, -0.2) is 5.78 Å². The standard InChI is InChI=1S/C16H18ClNO.C2H6/c1-3-5-6-8-12(7-4-2)16(19)14-11-13(17)9-10-15(14)18;1-2/h4-11H,3,18H2,1-2H3;1-2H3/b6-5+,7-4-,12-8+;. The van der Waals surface area contributed by atoms with Crippen LogP contribution in [0.3, 0.4) is 0 Å². The maximum absolute atomic E-state index is 12.4. The Kier molecular flexibility index (Phi) is 9.99. The average Bonchev–Trinajstić information content (AvgIpc) is 2.50. The molecule has 0 aliphatic heterocycles. The zero-order chi connectivity index (χ0) is 16.3. The van der Waals surface area contributed by atoms with Crippen LogP contribution in [0.2, 0.25) is 5.02 Å². The average molecular weight is 306 g/mol. The molecule has 1 aromatic carbocycles. The van der Waals surface area contributed by atoms with E-state index in [2.05, 4.69) is 0 Å². The number of carbonyl (C=O) groups is 1. The van der Waals surface area contributed by atoms with Gasteiger partial charge in [0.05, 0.1) is 0 Å². The van der Waals surface area contributed by atoms with Gasteiger partial charge in [0.1, 0.15) is 0 Å². The normalized spacial score (nSPS) is 11.6. The molecule has 0 saturated heterocycles. The topological polar surface area (TPSA) is 43.1 Å². The molecule has 1 aromatic rings. The first kappa shape index (κ1) is 19.2. The number of benzene rings is 1. The van der Waals surface area contributed by atoms with E-state index < -0.39 is 0 Å². The van der Waals surface area contributed by atoms with Crippen molar-refractivity contribution in [3.63, 3.8) is 0 Å². The van der Waals surface area contributed by atoms with E-state index in [4.69, 9.17) is 17.3 Å². The molecule has 0 fully saturated rings. The second kappa shape index (κ2) is 10.9. The van der Waals surface area contributed by atoms with E-state index >= 15 is 0 Å². The SMILES string of the molecule is CC.C\C=C/C(=C\C=C\CC)C(=O)c1cc(Cl)ccc1N. The number of carbonyl (C=O) groups excluding carboxylic acids is 1. The van der Waals surface area contributed by atoms with Crippen LogP contribution in [0.15, 0.2) is 54.2 Å². The monoisotopic (exact) mass is 305 g/mol. The molecule has 0 heterocycles. The van der Waals surface area contributed by atoms with Crippen LogP contribution in [0.5, 0.6) is 0 Å². The minimum Gasteiger partial charge on any atom is -0.398 e. The van der Waals surface area contributed by atoms with Gasteiger partial charge in [0, 0.05) is 21.8 Å². The number of Topliss-reactive ketones (excluding diaryl/α,β-unsaturated/α-hetero) is 1. The maximum Gasteiger partial charge on any atom is 0.195 e. The number of halogens is 1. The van der Waals surface area contributed by atoms with Gasteiger partial charge in [-0.1, -0.05) is 62.8 Å². The molecule has 0 radical (unpaired) electrons. The molecule has 0 aromatic heterocycles. The molecular weight excluding hydrogens is 282 g/mol. The van der Waals surface area contributed by atoms with Crippen LogP contribution in [0.25, 0.3) is 0 Å². The zero-order valence-electron chi connectivity index (χ0n) is 13.2. The van der Waals surface area contributed by atoms with Crippen molar-refractivity contribution in [3.8, 4) is 0 Å². The summed E-state index contributed by atoms with van der Waals surface area (Å²) >= 11 is 5.91. The molecule has 114 valence electrons. The molecule has 0 unspecified atom stereocenters. The minimum atomic E-state index is -0.126. The Morgan fingerprint density at radius 2 is 2.00 bits per heavy atom. The lowest BCUT2D eigenvalue weighted by Crippen LogP contribution is -2.05. The summed E-state index contributed by atoms with van der Waals surface area (Å²) in [5.41, 5.74) is 7.28. The van der Waals surface area contributed by atoms with Crippen molar-refractivity contribution >= 4 is 23.1 Å². The van der Waals surface area contributed by atoms with Gasteiger partial charge in [-0.15, -0.1) is 0 Å². The van der Waals surface area contributed by atoms with Gasteiger partial charge in [-0.05, 0) is 31.5 Å². The highest BCUT2D eigenvalue weighted by Crippen LogP contribution is 2.21. The molecular formula is C18H24ClNO. The van der Waals surface area contributed by atoms with Crippen molar-refractivity contribution in [1.82, 2.24) is 0 Å². The van der Waals surface area contributed by atoms with Gasteiger partial charge in [0.25, 0.3) is 0 Å². The summed E-state index contributed by atoms with van der Waals surface area (Å²) in [7, 11) is 0. The molecule has 0 spiro atoms. The van der Waals surface area contributed by atoms with E-state index in [1.54, 1.807) is 30.4 Å². The van der Waals surface area contributed by atoms with Gasteiger partial charge < -0.3 is 5.73 Å². The summed E-state index contributed by atoms with van der Waals surface area (Å²) in [5.74, 6) is -0.126. The Balaban J connectivity index is 0.00000191. The maximum atomic E-state index is 12.4. The smallest absolute Gasteiger partial charge is 0.195 e. The number of rotatable bonds is 5. The zero-order valence-corrected chi connectivity index (χ0v) is 13.9. The summed E-state index contributed by atoms with van der Waals surface area (Å²) in [6, 6.07) is 4.91. The predicted molar refractivity (Wildman–Crippen MR) is 93.9 cm³/mol. The third kappa shape index (κ3) is 6.46. The second-order valence-electron chi connectivity index (χ2n) is 4.02. The van der Waals surface area contributed by atoms with E-state index in [9.17, 15) is 4.79 Å². The van der Waals surface area contributed by atoms with Crippen molar-refractivity contribution in [2.24, 2.45) is 0 Å². The summed E-state index contributed by atoms with van der Waals surface area (Å²) in [5, 5.41) is 0.501. The Bertz CT molecular complexity index is 542. The number of allylic oxidation sites excluding steroid dienone is 6. The molecule has 0 amide bonds. The first-order valence-corrected chi connectivity index (χ1v) is 7.57. The van der Waals surface area contributed by atoms with Gasteiger partial charge in [-0.2, -0.15) is 0 Å². The molecule has 0 aliphatic rings. The molecule has 0 atom stereocenters. The van der Waals surface area contributed by atoms with E-state index in [0.29, 0.717) is 21.8 Å². The molecule has 0 bridgehead atoms. The van der Waals surface area contributed by atoms with Crippen molar-refractivity contribution in [3.05, 3.63) is 64.7 Å². The fourth-order valence-electron chi connectivity index (χ4n) is 1.57. The predicted octanol–water partition coefficient (Wildman–Crippen LogP) is 5.60. The number of anilines is 1. The van der Waals surface area contributed by atoms with Crippen LogP contribution in [0.4, 0.5) is 5.69 Å². The van der Waals surface area contributed by atoms with Gasteiger partial charge in [0.2, 0.25) is 0 Å². The number of hydrogen-bond donors (Lipinski definition) is 1. The molecule has 3 heteroatoms. The Labute approximate surface area is 133 Å². The fraction of sp³-hybridized carbons (Fsp3) is 0.278. The van der Waals surface area contributed by atoms with Crippen LogP contribution >= 0.6 is 11.6 Å². The number of hydrogen-bond acceptors (Lipinski definition) is 2.